The summed E-state index contributed by atoms with van der Waals surface area (Å²) in [6, 6.07) is 20.7. The fraction of sp³-hybridized carbons (Fsp3) is 0.125. The standard InChI is InChI=1S/C24H23N7O2S/c1-15-20(28-24(26)34-15)13-22(32)33-14-17-9-5-6-10-18(17)27-23(25)29-21-12-11-19(30-31-21)16-7-3-2-4-8-16/h2-12H,13-14H2,1H3,(H2,26,28)(H3,25,27,29,31). The molecule has 0 atom stereocenters. The summed E-state index contributed by atoms with van der Waals surface area (Å²) in [5, 5.41) is 11.8. The van der Waals surface area contributed by atoms with Crippen molar-refractivity contribution in [2.24, 2.45) is 10.7 Å². The van der Waals surface area contributed by atoms with E-state index in [9.17, 15) is 4.79 Å². The number of nitrogens with one attached hydrogen (secondary N) is 1. The molecule has 0 saturated heterocycles. The number of ether oxygens (including phenoxy) is 1. The summed E-state index contributed by atoms with van der Waals surface area (Å²) in [5.74, 6) is 0.110. The number of hydrogen-bond donors (Lipinski definition) is 3. The van der Waals surface area contributed by atoms with Gasteiger partial charge in [-0.05, 0) is 25.1 Å². The van der Waals surface area contributed by atoms with E-state index in [-0.39, 0.29) is 19.0 Å². The van der Waals surface area contributed by atoms with Crippen LogP contribution in [0.2, 0.25) is 0 Å². The van der Waals surface area contributed by atoms with E-state index in [1.807, 2.05) is 67.6 Å². The Balaban J connectivity index is 1.38. The highest BCUT2D eigenvalue weighted by Gasteiger charge is 2.13. The van der Waals surface area contributed by atoms with E-state index in [4.69, 9.17) is 16.2 Å². The van der Waals surface area contributed by atoms with Crippen LogP contribution in [0.4, 0.5) is 16.6 Å². The fourth-order valence-electron chi connectivity index (χ4n) is 3.17. The van der Waals surface area contributed by atoms with Gasteiger partial charge >= 0.3 is 5.97 Å². The smallest absolute Gasteiger partial charge is 0.312 e. The number of hydrogen-bond acceptors (Lipinski definition) is 8. The molecule has 172 valence electrons. The number of aryl methyl sites for hydroxylation is 1. The number of carbonyl (C=O) groups excluding carboxylic acids is 1. The molecular weight excluding hydrogens is 450 g/mol. The second-order valence-electron chi connectivity index (χ2n) is 7.31. The Labute approximate surface area is 200 Å². The number of nitrogens with two attached hydrogens (primary N) is 2. The van der Waals surface area contributed by atoms with Crippen molar-refractivity contribution in [1.82, 2.24) is 15.2 Å². The van der Waals surface area contributed by atoms with Gasteiger partial charge in [-0.3, -0.25) is 4.79 Å². The highest BCUT2D eigenvalue weighted by Crippen LogP contribution is 2.21. The zero-order chi connectivity index (χ0) is 23.9. The third-order valence-electron chi connectivity index (χ3n) is 4.84. The van der Waals surface area contributed by atoms with Crippen molar-refractivity contribution in [1.29, 1.82) is 0 Å². The van der Waals surface area contributed by atoms with E-state index >= 15 is 0 Å². The summed E-state index contributed by atoms with van der Waals surface area (Å²) in [4.78, 5) is 21.6. The molecule has 0 unspecified atom stereocenters. The molecule has 0 fully saturated rings. The lowest BCUT2D eigenvalue weighted by Gasteiger charge is -2.12. The van der Waals surface area contributed by atoms with Crippen LogP contribution in [-0.2, 0) is 22.6 Å². The maximum absolute atomic E-state index is 12.3. The zero-order valence-electron chi connectivity index (χ0n) is 18.4. The van der Waals surface area contributed by atoms with E-state index in [0.29, 0.717) is 22.3 Å². The molecule has 4 rings (SSSR count). The minimum atomic E-state index is -0.390. The van der Waals surface area contributed by atoms with Crippen molar-refractivity contribution in [3.05, 3.63) is 82.9 Å². The van der Waals surface area contributed by atoms with Crippen LogP contribution in [0, 0.1) is 6.92 Å². The topological polar surface area (TPSA) is 141 Å². The zero-order valence-corrected chi connectivity index (χ0v) is 19.2. The van der Waals surface area contributed by atoms with Crippen LogP contribution in [0.15, 0.2) is 71.7 Å². The van der Waals surface area contributed by atoms with Gasteiger partial charge in [0.2, 0.25) is 0 Å². The Hall–Kier alpha value is -4.31. The molecule has 2 aromatic carbocycles. The molecule has 2 aromatic heterocycles. The van der Waals surface area contributed by atoms with Crippen LogP contribution < -0.4 is 16.8 Å². The number of aromatic nitrogens is 3. The average molecular weight is 474 g/mol. The first kappa shape index (κ1) is 22.9. The lowest BCUT2D eigenvalue weighted by atomic mass is 10.1. The lowest BCUT2D eigenvalue weighted by Crippen LogP contribution is -2.23. The van der Waals surface area contributed by atoms with Gasteiger partial charge in [0, 0.05) is 21.7 Å². The summed E-state index contributed by atoms with van der Waals surface area (Å²) < 4.78 is 5.43. The largest absolute Gasteiger partial charge is 0.460 e. The maximum Gasteiger partial charge on any atom is 0.312 e. The van der Waals surface area contributed by atoms with Crippen molar-refractivity contribution < 1.29 is 9.53 Å². The van der Waals surface area contributed by atoms with E-state index < -0.39 is 5.97 Å². The number of rotatable bonds is 7. The summed E-state index contributed by atoms with van der Waals surface area (Å²) in [6.07, 6.45) is 0.0658. The van der Waals surface area contributed by atoms with Gasteiger partial charge in [-0.1, -0.05) is 48.5 Å². The molecule has 0 saturated carbocycles. The normalized spacial score (nSPS) is 11.3. The van der Waals surface area contributed by atoms with Crippen LogP contribution in [0.25, 0.3) is 11.3 Å². The SMILES string of the molecule is Cc1sc(N)nc1CC(=O)OCc1ccccc1NC(N)=Nc1ccc(-c2ccccc2)nn1. The highest BCUT2D eigenvalue weighted by atomic mass is 32.1. The number of benzene rings is 2. The molecule has 0 aliphatic carbocycles. The van der Waals surface area contributed by atoms with Gasteiger partial charge < -0.3 is 21.5 Å². The van der Waals surface area contributed by atoms with Gasteiger partial charge in [0.15, 0.2) is 16.9 Å². The van der Waals surface area contributed by atoms with Crippen LogP contribution in [-0.4, -0.2) is 27.1 Å². The quantitative estimate of drug-likeness (QED) is 0.209. The van der Waals surface area contributed by atoms with E-state index in [1.54, 1.807) is 6.07 Å². The number of carbonyl (C=O) groups is 1. The number of guanidine groups is 1. The van der Waals surface area contributed by atoms with Gasteiger partial charge in [0.05, 0.1) is 17.8 Å². The predicted molar refractivity (Wildman–Crippen MR) is 134 cm³/mol. The molecule has 0 aliphatic heterocycles. The Morgan fingerprint density at radius 1 is 1.06 bits per heavy atom. The average Bonchev–Trinajstić information content (AvgIpc) is 3.15. The number of nitrogen functional groups attached to an aromatic ring is 1. The number of para-hydroxylation sites is 1. The molecule has 0 bridgehead atoms. The Bertz CT molecular complexity index is 1300. The van der Waals surface area contributed by atoms with Gasteiger partial charge in [0.1, 0.15) is 6.61 Å². The second kappa shape index (κ2) is 10.5. The minimum Gasteiger partial charge on any atom is -0.460 e. The third-order valence-corrected chi connectivity index (χ3v) is 5.69. The molecule has 4 aromatic rings. The molecule has 2 heterocycles. The van der Waals surface area contributed by atoms with Crippen molar-refractivity contribution >= 4 is 39.9 Å². The monoisotopic (exact) mass is 473 g/mol. The lowest BCUT2D eigenvalue weighted by molar-refractivity contribution is -0.144. The van der Waals surface area contributed by atoms with Crippen LogP contribution in [0.1, 0.15) is 16.1 Å². The minimum absolute atomic E-state index is 0.0658. The van der Waals surface area contributed by atoms with E-state index in [1.165, 1.54) is 11.3 Å². The van der Waals surface area contributed by atoms with E-state index in [2.05, 4.69) is 25.5 Å². The number of nitrogens with zero attached hydrogens (tertiary/aromatic N) is 4. The first-order chi connectivity index (χ1) is 16.5. The van der Waals surface area contributed by atoms with Crippen LogP contribution in [0.5, 0.6) is 0 Å². The molecule has 0 amide bonds. The molecule has 5 N–H and O–H groups in total. The molecule has 10 heteroatoms. The number of anilines is 2. The van der Waals surface area contributed by atoms with Gasteiger partial charge in [-0.15, -0.1) is 21.5 Å². The first-order valence-corrected chi connectivity index (χ1v) is 11.3. The summed E-state index contributed by atoms with van der Waals surface area (Å²) in [7, 11) is 0. The first-order valence-electron chi connectivity index (χ1n) is 10.4. The summed E-state index contributed by atoms with van der Waals surface area (Å²) in [6.45, 7) is 1.94. The maximum atomic E-state index is 12.3. The number of thiazole rings is 1. The van der Waals surface area contributed by atoms with Crippen LogP contribution in [0.3, 0.4) is 0 Å². The van der Waals surface area contributed by atoms with Crippen molar-refractivity contribution in [3.8, 4) is 11.3 Å². The second-order valence-corrected chi connectivity index (χ2v) is 8.55. The van der Waals surface area contributed by atoms with Gasteiger partial charge in [-0.2, -0.15) is 4.99 Å². The van der Waals surface area contributed by atoms with Gasteiger partial charge in [-0.25, -0.2) is 4.98 Å². The molecule has 34 heavy (non-hydrogen) atoms. The van der Waals surface area contributed by atoms with Crippen molar-refractivity contribution in [2.45, 2.75) is 20.0 Å². The molecule has 0 radical (unpaired) electrons. The van der Waals surface area contributed by atoms with Crippen LogP contribution >= 0.6 is 11.3 Å². The summed E-state index contributed by atoms with van der Waals surface area (Å²) >= 11 is 1.35. The van der Waals surface area contributed by atoms with Gasteiger partial charge in [0.25, 0.3) is 0 Å². The Morgan fingerprint density at radius 3 is 2.53 bits per heavy atom. The van der Waals surface area contributed by atoms with E-state index in [0.717, 1.165) is 21.7 Å². The fourth-order valence-corrected chi connectivity index (χ4v) is 3.87. The molecule has 0 spiro atoms. The molecule has 9 nitrogen and oxygen atoms in total. The highest BCUT2D eigenvalue weighted by molar-refractivity contribution is 7.15. The Kier molecular flexibility index (Phi) is 7.09. The third kappa shape index (κ3) is 5.93. The number of esters is 1. The Morgan fingerprint density at radius 2 is 1.82 bits per heavy atom. The molecular formula is C24H23N7O2S. The summed E-state index contributed by atoms with van der Waals surface area (Å²) in [5.41, 5.74) is 15.5. The molecule has 0 aliphatic rings. The predicted octanol–water partition coefficient (Wildman–Crippen LogP) is 3.83. The van der Waals surface area contributed by atoms with Crippen molar-refractivity contribution in [2.75, 3.05) is 11.1 Å². The number of aliphatic imine (C=N–C) groups is 1. The van der Waals surface area contributed by atoms with Crippen molar-refractivity contribution in [3.63, 3.8) is 0 Å².